The monoisotopic (exact) mass is 359 g/mol. The quantitative estimate of drug-likeness (QED) is 0.483. The van der Waals surface area contributed by atoms with Crippen molar-refractivity contribution in [1.29, 1.82) is 0 Å². The Labute approximate surface area is 163 Å². The minimum absolute atomic E-state index is 0.00915. The molecule has 3 aromatic carbocycles. The highest BCUT2D eigenvalue weighted by atomic mass is 16.5. The molecule has 0 unspecified atom stereocenters. The van der Waals surface area contributed by atoms with Gasteiger partial charge < -0.3 is 9.64 Å². The number of hydrogen-bond donors (Lipinski definition) is 0. The predicted molar refractivity (Wildman–Crippen MR) is 113 cm³/mol. The fraction of sp³-hybridized carbons (Fsp3) is 0.280. The van der Waals surface area contributed by atoms with E-state index in [1.54, 1.807) is 0 Å². The molecule has 0 amide bonds. The average molecular weight is 360 g/mol. The number of benzene rings is 3. The van der Waals surface area contributed by atoms with Crippen molar-refractivity contribution in [3.63, 3.8) is 0 Å². The molecule has 2 nitrogen and oxygen atoms in total. The normalized spacial score (nSPS) is 11.2. The van der Waals surface area contributed by atoms with Gasteiger partial charge in [-0.1, -0.05) is 91.0 Å². The van der Waals surface area contributed by atoms with Crippen LogP contribution in [0.1, 0.15) is 29.2 Å². The zero-order valence-corrected chi connectivity index (χ0v) is 16.1. The standard InChI is InChI=1S/C25H29NO/c1-26(19-11-14-22-12-5-2-6-13-22)20-21-27-25(23-15-7-3-8-16-23)24-17-9-4-10-18-24/h2-10,12-13,15-18,25H,11,14,19-21H2,1H3. The fourth-order valence-electron chi connectivity index (χ4n) is 3.28. The highest BCUT2D eigenvalue weighted by Crippen LogP contribution is 2.25. The van der Waals surface area contributed by atoms with Gasteiger partial charge in [-0.05, 0) is 43.1 Å². The molecule has 0 saturated carbocycles. The van der Waals surface area contributed by atoms with Gasteiger partial charge in [0.1, 0.15) is 6.10 Å². The van der Waals surface area contributed by atoms with Crippen molar-refractivity contribution in [1.82, 2.24) is 4.90 Å². The molecular formula is C25H29NO. The van der Waals surface area contributed by atoms with Gasteiger partial charge >= 0.3 is 0 Å². The maximum absolute atomic E-state index is 6.31. The summed E-state index contributed by atoms with van der Waals surface area (Å²) in [6, 6.07) is 31.6. The van der Waals surface area contributed by atoms with Crippen LogP contribution in [-0.4, -0.2) is 31.6 Å². The minimum atomic E-state index is -0.00915. The van der Waals surface area contributed by atoms with Gasteiger partial charge in [0.05, 0.1) is 6.61 Å². The number of aryl methyl sites for hydroxylation is 1. The van der Waals surface area contributed by atoms with E-state index >= 15 is 0 Å². The molecule has 0 N–H and O–H groups in total. The minimum Gasteiger partial charge on any atom is -0.367 e. The molecule has 0 aliphatic rings. The SMILES string of the molecule is CN(CCCc1ccccc1)CCOC(c1ccccc1)c1ccccc1. The molecule has 0 bridgehead atoms. The lowest BCUT2D eigenvalue weighted by Gasteiger charge is -2.22. The van der Waals surface area contributed by atoms with Crippen LogP contribution in [-0.2, 0) is 11.2 Å². The van der Waals surface area contributed by atoms with Crippen LogP contribution in [0.5, 0.6) is 0 Å². The first-order valence-corrected chi connectivity index (χ1v) is 9.77. The first kappa shape index (κ1) is 19.3. The molecule has 0 saturated heterocycles. The Bertz CT molecular complexity index is 719. The molecule has 0 radical (unpaired) electrons. The van der Waals surface area contributed by atoms with Crippen LogP contribution in [0.25, 0.3) is 0 Å². The predicted octanol–water partition coefficient (Wildman–Crippen LogP) is 5.36. The summed E-state index contributed by atoms with van der Waals surface area (Å²) in [6.07, 6.45) is 2.29. The van der Waals surface area contributed by atoms with E-state index in [9.17, 15) is 0 Å². The number of hydrogen-bond acceptors (Lipinski definition) is 2. The van der Waals surface area contributed by atoms with E-state index in [-0.39, 0.29) is 6.10 Å². The lowest BCUT2D eigenvalue weighted by Crippen LogP contribution is -2.25. The maximum Gasteiger partial charge on any atom is 0.108 e. The van der Waals surface area contributed by atoms with Crippen LogP contribution in [0.2, 0.25) is 0 Å². The largest absolute Gasteiger partial charge is 0.367 e. The van der Waals surface area contributed by atoms with Gasteiger partial charge in [-0.25, -0.2) is 0 Å². The summed E-state index contributed by atoms with van der Waals surface area (Å²) in [5.41, 5.74) is 3.82. The van der Waals surface area contributed by atoms with Gasteiger partial charge in [0.15, 0.2) is 0 Å². The Kier molecular flexibility index (Phi) is 7.64. The summed E-state index contributed by atoms with van der Waals surface area (Å²) in [4.78, 5) is 2.36. The molecule has 0 heterocycles. The number of likely N-dealkylation sites (N-methyl/N-ethyl adjacent to an activating group) is 1. The lowest BCUT2D eigenvalue weighted by atomic mass is 10.0. The smallest absolute Gasteiger partial charge is 0.108 e. The Morgan fingerprint density at radius 2 is 1.22 bits per heavy atom. The molecule has 0 spiro atoms. The van der Waals surface area contributed by atoms with Gasteiger partial charge in [-0.15, -0.1) is 0 Å². The number of rotatable bonds is 10. The maximum atomic E-state index is 6.31. The first-order valence-electron chi connectivity index (χ1n) is 9.77. The van der Waals surface area contributed by atoms with E-state index in [0.717, 1.165) is 26.1 Å². The highest BCUT2D eigenvalue weighted by molar-refractivity contribution is 5.29. The molecule has 0 aliphatic heterocycles. The van der Waals surface area contributed by atoms with Crippen molar-refractivity contribution >= 4 is 0 Å². The Morgan fingerprint density at radius 3 is 1.78 bits per heavy atom. The Morgan fingerprint density at radius 1 is 0.704 bits per heavy atom. The van der Waals surface area contributed by atoms with Crippen LogP contribution in [0.15, 0.2) is 91.0 Å². The van der Waals surface area contributed by atoms with Crippen molar-refractivity contribution < 1.29 is 4.74 Å². The van der Waals surface area contributed by atoms with Crippen LogP contribution < -0.4 is 0 Å². The van der Waals surface area contributed by atoms with Crippen LogP contribution >= 0.6 is 0 Å². The van der Waals surface area contributed by atoms with Crippen LogP contribution in [0, 0.1) is 0 Å². The van der Waals surface area contributed by atoms with Crippen LogP contribution in [0.3, 0.4) is 0 Å². The molecular weight excluding hydrogens is 330 g/mol. The van der Waals surface area contributed by atoms with Crippen LogP contribution in [0.4, 0.5) is 0 Å². The topological polar surface area (TPSA) is 12.5 Å². The zero-order valence-electron chi connectivity index (χ0n) is 16.1. The number of ether oxygens (including phenoxy) is 1. The lowest BCUT2D eigenvalue weighted by molar-refractivity contribution is 0.0646. The summed E-state index contributed by atoms with van der Waals surface area (Å²) in [6.45, 7) is 2.74. The summed E-state index contributed by atoms with van der Waals surface area (Å²) in [7, 11) is 2.17. The molecule has 0 aromatic heterocycles. The Balaban J connectivity index is 1.47. The molecule has 27 heavy (non-hydrogen) atoms. The van der Waals surface area contributed by atoms with Gasteiger partial charge in [-0.2, -0.15) is 0 Å². The number of nitrogens with zero attached hydrogens (tertiary/aromatic N) is 1. The van der Waals surface area contributed by atoms with Crippen molar-refractivity contribution in [2.24, 2.45) is 0 Å². The van der Waals surface area contributed by atoms with Gasteiger partial charge in [-0.3, -0.25) is 0 Å². The van der Waals surface area contributed by atoms with E-state index in [0.29, 0.717) is 0 Å². The van der Waals surface area contributed by atoms with Gasteiger partial charge in [0, 0.05) is 6.54 Å². The van der Waals surface area contributed by atoms with Crippen molar-refractivity contribution in [2.75, 3.05) is 26.7 Å². The first-order chi connectivity index (χ1) is 13.3. The molecule has 140 valence electrons. The van der Waals surface area contributed by atoms with Gasteiger partial charge in [0.25, 0.3) is 0 Å². The summed E-state index contributed by atoms with van der Waals surface area (Å²) in [5.74, 6) is 0. The van der Waals surface area contributed by atoms with Crippen molar-refractivity contribution in [2.45, 2.75) is 18.9 Å². The van der Waals surface area contributed by atoms with Crippen molar-refractivity contribution in [3.8, 4) is 0 Å². The molecule has 2 heteroatoms. The third-order valence-corrected chi connectivity index (χ3v) is 4.81. The zero-order chi connectivity index (χ0) is 18.7. The molecule has 0 fully saturated rings. The van der Waals surface area contributed by atoms with Crippen molar-refractivity contribution in [3.05, 3.63) is 108 Å². The summed E-state index contributed by atoms with van der Waals surface area (Å²) in [5, 5.41) is 0. The third-order valence-electron chi connectivity index (χ3n) is 4.81. The summed E-state index contributed by atoms with van der Waals surface area (Å²) < 4.78 is 6.31. The van der Waals surface area contributed by atoms with Gasteiger partial charge in [0.2, 0.25) is 0 Å². The van der Waals surface area contributed by atoms with E-state index in [1.807, 2.05) is 12.1 Å². The van der Waals surface area contributed by atoms with E-state index in [4.69, 9.17) is 4.74 Å². The van der Waals surface area contributed by atoms with E-state index < -0.39 is 0 Å². The Hall–Kier alpha value is -2.42. The molecule has 0 aliphatic carbocycles. The second kappa shape index (κ2) is 10.7. The summed E-state index contributed by atoms with van der Waals surface area (Å²) >= 11 is 0. The molecule has 0 atom stereocenters. The molecule has 3 aromatic rings. The third kappa shape index (κ3) is 6.35. The second-order valence-electron chi connectivity index (χ2n) is 6.96. The van der Waals surface area contributed by atoms with E-state index in [2.05, 4.69) is 90.8 Å². The second-order valence-corrected chi connectivity index (χ2v) is 6.96. The molecule has 3 rings (SSSR count). The van der Waals surface area contributed by atoms with E-state index in [1.165, 1.54) is 23.1 Å². The average Bonchev–Trinajstić information content (AvgIpc) is 2.73. The highest BCUT2D eigenvalue weighted by Gasteiger charge is 2.14. The fourth-order valence-corrected chi connectivity index (χ4v) is 3.28.